The number of rotatable bonds is 6. The lowest BCUT2D eigenvalue weighted by atomic mass is 10.2. The zero-order chi connectivity index (χ0) is 18.2. The first-order valence-electron chi connectivity index (χ1n) is 7.93. The molecule has 0 fully saturated rings. The normalized spacial score (nSPS) is 11.8. The molecule has 0 aromatic heterocycles. The molecule has 0 saturated heterocycles. The van der Waals surface area contributed by atoms with Crippen molar-refractivity contribution in [3.63, 3.8) is 0 Å². The van der Waals surface area contributed by atoms with Gasteiger partial charge in [-0.1, -0.05) is 30.3 Å². The maximum absolute atomic E-state index is 12.0. The van der Waals surface area contributed by atoms with Crippen molar-refractivity contribution in [1.29, 1.82) is 0 Å². The molecule has 2 N–H and O–H groups in total. The van der Waals surface area contributed by atoms with Crippen molar-refractivity contribution in [2.75, 3.05) is 19.0 Å². The molecule has 0 radical (unpaired) electrons. The van der Waals surface area contributed by atoms with Gasteiger partial charge in [0.25, 0.3) is 11.8 Å². The Bertz CT molecular complexity index is 740. The summed E-state index contributed by atoms with van der Waals surface area (Å²) in [6.45, 7) is 1.61. The SMILES string of the molecule is C[C@@H](NC(=O)c1ccccc1)C(=O)N/N=C\c1ccc(N(C)C)cc1. The van der Waals surface area contributed by atoms with Gasteiger partial charge in [-0.3, -0.25) is 9.59 Å². The fourth-order valence-corrected chi connectivity index (χ4v) is 2.06. The van der Waals surface area contributed by atoms with Crippen molar-refractivity contribution in [2.45, 2.75) is 13.0 Å². The topological polar surface area (TPSA) is 73.8 Å². The van der Waals surface area contributed by atoms with Crippen LogP contribution in [-0.2, 0) is 4.79 Å². The second kappa shape index (κ2) is 8.63. The van der Waals surface area contributed by atoms with Gasteiger partial charge in [-0.25, -0.2) is 5.43 Å². The molecule has 6 nitrogen and oxygen atoms in total. The van der Waals surface area contributed by atoms with E-state index >= 15 is 0 Å². The van der Waals surface area contributed by atoms with Crippen LogP contribution in [0.1, 0.15) is 22.8 Å². The maximum Gasteiger partial charge on any atom is 0.262 e. The molecule has 0 aliphatic carbocycles. The first-order chi connectivity index (χ1) is 12.0. The van der Waals surface area contributed by atoms with Gasteiger partial charge in [0.2, 0.25) is 0 Å². The van der Waals surface area contributed by atoms with Crippen molar-refractivity contribution in [2.24, 2.45) is 5.10 Å². The molecule has 0 aliphatic heterocycles. The van der Waals surface area contributed by atoms with Gasteiger partial charge in [-0.15, -0.1) is 0 Å². The fourth-order valence-electron chi connectivity index (χ4n) is 2.06. The van der Waals surface area contributed by atoms with Crippen molar-refractivity contribution >= 4 is 23.7 Å². The number of anilines is 1. The molecular formula is C19H22N4O2. The summed E-state index contributed by atoms with van der Waals surface area (Å²) < 4.78 is 0. The number of nitrogens with one attached hydrogen (secondary N) is 2. The Morgan fingerprint density at radius 1 is 1.04 bits per heavy atom. The smallest absolute Gasteiger partial charge is 0.262 e. The van der Waals surface area contributed by atoms with E-state index in [1.54, 1.807) is 37.4 Å². The third-order valence-electron chi connectivity index (χ3n) is 3.57. The highest BCUT2D eigenvalue weighted by Gasteiger charge is 2.15. The van der Waals surface area contributed by atoms with E-state index < -0.39 is 6.04 Å². The van der Waals surface area contributed by atoms with Crippen LogP contribution in [0.25, 0.3) is 0 Å². The molecule has 130 valence electrons. The number of carbonyl (C=O) groups is 2. The van der Waals surface area contributed by atoms with Crippen molar-refractivity contribution in [1.82, 2.24) is 10.7 Å². The van der Waals surface area contributed by atoms with Crippen LogP contribution in [0.2, 0.25) is 0 Å². The standard InChI is InChI=1S/C19H22N4O2/c1-14(21-19(25)16-7-5-4-6-8-16)18(24)22-20-13-15-9-11-17(12-10-15)23(2)3/h4-14H,1-3H3,(H,21,25)(H,22,24)/b20-13-/t14-/m1/s1. The van der Waals surface area contributed by atoms with E-state index in [4.69, 9.17) is 0 Å². The fraction of sp³-hybridized carbons (Fsp3) is 0.211. The second-order valence-electron chi connectivity index (χ2n) is 5.78. The Balaban J connectivity index is 1.85. The lowest BCUT2D eigenvalue weighted by Gasteiger charge is -2.12. The van der Waals surface area contributed by atoms with Gasteiger partial charge in [0.1, 0.15) is 6.04 Å². The van der Waals surface area contributed by atoms with E-state index in [1.165, 1.54) is 0 Å². The number of hydrogen-bond acceptors (Lipinski definition) is 4. The molecule has 0 saturated carbocycles. The van der Waals surface area contributed by atoms with Gasteiger partial charge in [0.05, 0.1) is 6.21 Å². The largest absolute Gasteiger partial charge is 0.378 e. The van der Waals surface area contributed by atoms with Crippen LogP contribution in [0, 0.1) is 0 Å². The molecule has 2 aromatic rings. The van der Waals surface area contributed by atoms with Gasteiger partial charge in [0.15, 0.2) is 0 Å². The summed E-state index contributed by atoms with van der Waals surface area (Å²) in [4.78, 5) is 26.0. The molecule has 0 heterocycles. The summed E-state index contributed by atoms with van der Waals surface area (Å²) in [5.74, 6) is -0.683. The quantitative estimate of drug-likeness (QED) is 0.625. The highest BCUT2D eigenvalue weighted by atomic mass is 16.2. The number of nitrogens with zero attached hydrogens (tertiary/aromatic N) is 2. The molecular weight excluding hydrogens is 316 g/mol. The van der Waals surface area contributed by atoms with Crippen LogP contribution >= 0.6 is 0 Å². The molecule has 2 aromatic carbocycles. The number of benzene rings is 2. The Kier molecular flexibility index (Phi) is 6.28. The Hall–Kier alpha value is -3.15. The Morgan fingerprint density at radius 2 is 1.68 bits per heavy atom. The van der Waals surface area contributed by atoms with Crippen molar-refractivity contribution in [3.8, 4) is 0 Å². The van der Waals surface area contributed by atoms with Crippen LogP contribution in [0.5, 0.6) is 0 Å². The predicted octanol–water partition coefficient (Wildman–Crippen LogP) is 2.02. The highest BCUT2D eigenvalue weighted by molar-refractivity contribution is 5.97. The molecule has 2 amide bonds. The van der Waals surface area contributed by atoms with E-state index in [0.29, 0.717) is 5.56 Å². The molecule has 0 bridgehead atoms. The van der Waals surface area contributed by atoms with E-state index in [9.17, 15) is 9.59 Å². The minimum Gasteiger partial charge on any atom is -0.378 e. The first kappa shape index (κ1) is 18.2. The van der Waals surface area contributed by atoms with Crippen molar-refractivity contribution in [3.05, 3.63) is 65.7 Å². The van der Waals surface area contributed by atoms with Crippen LogP contribution < -0.4 is 15.6 Å². The van der Waals surface area contributed by atoms with Gasteiger partial charge in [0, 0.05) is 25.3 Å². The Morgan fingerprint density at radius 3 is 2.28 bits per heavy atom. The van der Waals surface area contributed by atoms with Gasteiger partial charge < -0.3 is 10.2 Å². The molecule has 0 spiro atoms. The lowest BCUT2D eigenvalue weighted by Crippen LogP contribution is -2.43. The zero-order valence-corrected chi connectivity index (χ0v) is 14.6. The van der Waals surface area contributed by atoms with E-state index in [-0.39, 0.29) is 11.8 Å². The molecule has 6 heteroatoms. The number of amides is 2. The third-order valence-corrected chi connectivity index (χ3v) is 3.57. The first-order valence-corrected chi connectivity index (χ1v) is 7.93. The predicted molar refractivity (Wildman–Crippen MR) is 99.9 cm³/mol. The van der Waals surface area contributed by atoms with Gasteiger partial charge in [-0.05, 0) is 36.8 Å². The summed E-state index contributed by atoms with van der Waals surface area (Å²) in [6.07, 6.45) is 1.56. The van der Waals surface area contributed by atoms with Crippen LogP contribution in [-0.4, -0.2) is 38.2 Å². The minimum absolute atomic E-state index is 0.300. The van der Waals surface area contributed by atoms with Gasteiger partial charge in [-0.2, -0.15) is 5.10 Å². The van der Waals surface area contributed by atoms with E-state index in [2.05, 4.69) is 15.8 Å². The Labute approximate surface area is 147 Å². The average molecular weight is 338 g/mol. The summed E-state index contributed by atoms with van der Waals surface area (Å²) in [6, 6.07) is 15.8. The molecule has 0 aliphatic rings. The minimum atomic E-state index is -0.694. The third kappa shape index (κ3) is 5.46. The number of hydrazone groups is 1. The lowest BCUT2D eigenvalue weighted by molar-refractivity contribution is -0.122. The molecule has 2 rings (SSSR count). The van der Waals surface area contributed by atoms with E-state index in [1.807, 2.05) is 49.3 Å². The highest BCUT2D eigenvalue weighted by Crippen LogP contribution is 2.10. The van der Waals surface area contributed by atoms with Crippen LogP contribution in [0.4, 0.5) is 5.69 Å². The van der Waals surface area contributed by atoms with Crippen LogP contribution in [0.15, 0.2) is 59.7 Å². The monoisotopic (exact) mass is 338 g/mol. The van der Waals surface area contributed by atoms with Gasteiger partial charge >= 0.3 is 0 Å². The molecule has 25 heavy (non-hydrogen) atoms. The summed E-state index contributed by atoms with van der Waals surface area (Å²) >= 11 is 0. The average Bonchev–Trinajstić information content (AvgIpc) is 2.62. The second-order valence-corrected chi connectivity index (χ2v) is 5.78. The number of carbonyl (C=O) groups excluding carboxylic acids is 2. The summed E-state index contributed by atoms with van der Waals surface area (Å²) in [7, 11) is 3.93. The number of hydrogen-bond donors (Lipinski definition) is 2. The molecule has 1 atom stereocenters. The van der Waals surface area contributed by atoms with Crippen LogP contribution in [0.3, 0.4) is 0 Å². The summed E-state index contributed by atoms with van der Waals surface area (Å²) in [5.41, 5.74) is 4.89. The summed E-state index contributed by atoms with van der Waals surface area (Å²) in [5, 5.41) is 6.56. The maximum atomic E-state index is 12.0. The molecule has 0 unspecified atom stereocenters. The van der Waals surface area contributed by atoms with E-state index in [0.717, 1.165) is 11.3 Å². The van der Waals surface area contributed by atoms with Crippen molar-refractivity contribution < 1.29 is 9.59 Å². The zero-order valence-electron chi connectivity index (χ0n) is 14.6.